The van der Waals surface area contributed by atoms with E-state index >= 15 is 0 Å². The molecule has 0 aliphatic carbocycles. The lowest BCUT2D eigenvalue weighted by Gasteiger charge is -2.27. The molecule has 1 aromatic carbocycles. The molecule has 0 bridgehead atoms. The molecular weight excluding hydrogens is 296 g/mol. The Morgan fingerprint density at radius 2 is 1.95 bits per heavy atom. The third-order valence-corrected chi connectivity index (χ3v) is 4.98. The van der Waals surface area contributed by atoms with Crippen LogP contribution in [0.25, 0.3) is 0 Å². The minimum Gasteiger partial charge on any atom is -0.370 e. The van der Waals surface area contributed by atoms with Gasteiger partial charge in [-0.25, -0.2) is 18.5 Å². The first kappa shape index (κ1) is 15.1. The maximum Gasteiger partial charge on any atom is 0.238 e. The molecule has 4 N–H and O–H groups in total. The molecule has 0 spiro atoms. The molecule has 2 rings (SSSR count). The average molecular weight is 314 g/mol. The van der Waals surface area contributed by atoms with Crippen LogP contribution in [0.15, 0.2) is 34.2 Å². The van der Waals surface area contributed by atoms with Crippen LogP contribution in [0, 0.1) is 0 Å². The van der Waals surface area contributed by atoms with E-state index in [0.717, 1.165) is 24.6 Å². The Balaban J connectivity index is 2.14. The number of benzene rings is 1. The van der Waals surface area contributed by atoms with E-state index < -0.39 is 10.0 Å². The lowest BCUT2D eigenvalue weighted by atomic mass is 10.2. The van der Waals surface area contributed by atoms with Gasteiger partial charge in [0, 0.05) is 24.6 Å². The molecule has 110 valence electrons. The summed E-state index contributed by atoms with van der Waals surface area (Å²) in [6, 6.07) is 6.57. The van der Waals surface area contributed by atoms with Gasteiger partial charge in [-0.05, 0) is 11.6 Å². The number of rotatable bonds is 3. The second-order valence-corrected chi connectivity index (χ2v) is 7.18. The maximum atomic E-state index is 11.5. The van der Waals surface area contributed by atoms with Gasteiger partial charge < -0.3 is 10.6 Å². The number of hydrogen-bond acceptors (Lipinski definition) is 4. The molecule has 1 aliphatic rings. The van der Waals surface area contributed by atoms with Crippen molar-refractivity contribution >= 4 is 27.7 Å². The molecule has 0 amide bonds. The van der Waals surface area contributed by atoms with Crippen molar-refractivity contribution in [2.24, 2.45) is 15.9 Å². The molecule has 20 heavy (non-hydrogen) atoms. The van der Waals surface area contributed by atoms with Crippen molar-refractivity contribution in [3.63, 3.8) is 0 Å². The number of guanidine groups is 1. The van der Waals surface area contributed by atoms with E-state index in [1.54, 1.807) is 18.2 Å². The van der Waals surface area contributed by atoms with Crippen molar-refractivity contribution < 1.29 is 8.42 Å². The molecule has 0 aromatic heterocycles. The van der Waals surface area contributed by atoms with Crippen molar-refractivity contribution in [1.82, 2.24) is 4.90 Å². The standard InChI is InChI=1S/C12H18N4O2S2/c13-12(16-5-7-19-8-6-16)15-9-10-3-1-2-4-11(10)20(14,17)18/h1-4H,5-9H2,(H2,13,15)(H2,14,17,18). The molecule has 1 fully saturated rings. The Kier molecular flexibility index (Phi) is 4.90. The third-order valence-electron chi connectivity index (χ3n) is 3.03. The molecule has 0 atom stereocenters. The van der Waals surface area contributed by atoms with Crippen LogP contribution in [0.3, 0.4) is 0 Å². The second kappa shape index (κ2) is 6.47. The van der Waals surface area contributed by atoms with Gasteiger partial charge in [-0.15, -0.1) is 0 Å². The zero-order valence-electron chi connectivity index (χ0n) is 11.0. The minimum atomic E-state index is -3.73. The molecule has 0 saturated carbocycles. The number of hydrogen-bond donors (Lipinski definition) is 2. The number of primary sulfonamides is 1. The summed E-state index contributed by atoms with van der Waals surface area (Å²) in [5.41, 5.74) is 6.50. The number of nitrogens with two attached hydrogens (primary N) is 2. The predicted molar refractivity (Wildman–Crippen MR) is 82.0 cm³/mol. The fourth-order valence-corrected chi connectivity index (χ4v) is 3.64. The molecule has 1 heterocycles. The highest BCUT2D eigenvalue weighted by Gasteiger charge is 2.14. The van der Waals surface area contributed by atoms with E-state index in [0.29, 0.717) is 11.5 Å². The lowest BCUT2D eigenvalue weighted by Crippen LogP contribution is -2.42. The van der Waals surface area contributed by atoms with Gasteiger partial charge in [0.05, 0.1) is 11.4 Å². The van der Waals surface area contributed by atoms with Crippen LogP contribution in [0.4, 0.5) is 0 Å². The molecular formula is C12H18N4O2S2. The van der Waals surface area contributed by atoms with Crippen molar-refractivity contribution in [1.29, 1.82) is 0 Å². The summed E-state index contributed by atoms with van der Waals surface area (Å²) < 4.78 is 23.0. The lowest BCUT2D eigenvalue weighted by molar-refractivity contribution is 0.455. The summed E-state index contributed by atoms with van der Waals surface area (Å²) in [5.74, 6) is 2.52. The van der Waals surface area contributed by atoms with Crippen molar-refractivity contribution in [3.8, 4) is 0 Å². The molecule has 8 heteroatoms. The van der Waals surface area contributed by atoms with Gasteiger partial charge in [0.15, 0.2) is 5.96 Å². The van der Waals surface area contributed by atoms with E-state index in [1.807, 2.05) is 16.7 Å². The minimum absolute atomic E-state index is 0.103. The first-order chi connectivity index (χ1) is 9.48. The van der Waals surface area contributed by atoms with Crippen LogP contribution in [-0.4, -0.2) is 43.9 Å². The van der Waals surface area contributed by atoms with Gasteiger partial charge >= 0.3 is 0 Å². The smallest absolute Gasteiger partial charge is 0.238 e. The van der Waals surface area contributed by atoms with Gasteiger partial charge in [0.1, 0.15) is 0 Å². The van der Waals surface area contributed by atoms with E-state index in [9.17, 15) is 8.42 Å². The fourth-order valence-electron chi connectivity index (χ4n) is 1.97. The number of nitrogens with zero attached hydrogens (tertiary/aromatic N) is 2. The van der Waals surface area contributed by atoms with Crippen LogP contribution in [0.2, 0.25) is 0 Å². The summed E-state index contributed by atoms with van der Waals surface area (Å²) in [6.45, 7) is 1.95. The SMILES string of the molecule is NC(=NCc1ccccc1S(N)(=O)=O)N1CCSCC1. The largest absolute Gasteiger partial charge is 0.370 e. The van der Waals surface area contributed by atoms with Gasteiger partial charge in [-0.1, -0.05) is 18.2 Å². The van der Waals surface area contributed by atoms with E-state index in [4.69, 9.17) is 10.9 Å². The Bertz CT molecular complexity index is 595. The maximum absolute atomic E-state index is 11.5. The van der Waals surface area contributed by atoms with Crippen LogP contribution in [-0.2, 0) is 16.6 Å². The van der Waals surface area contributed by atoms with E-state index in [1.165, 1.54) is 6.07 Å². The average Bonchev–Trinajstić information content (AvgIpc) is 2.45. The first-order valence-electron chi connectivity index (χ1n) is 6.22. The third kappa shape index (κ3) is 3.87. The Hall–Kier alpha value is -1.25. The van der Waals surface area contributed by atoms with Crippen LogP contribution in [0.1, 0.15) is 5.56 Å². The van der Waals surface area contributed by atoms with Crippen molar-refractivity contribution in [2.75, 3.05) is 24.6 Å². The van der Waals surface area contributed by atoms with E-state index in [-0.39, 0.29) is 11.4 Å². The fraction of sp³-hybridized carbons (Fsp3) is 0.417. The number of thioether (sulfide) groups is 1. The van der Waals surface area contributed by atoms with Gasteiger partial charge in [-0.2, -0.15) is 11.8 Å². The molecule has 0 radical (unpaired) electrons. The quantitative estimate of drug-likeness (QED) is 0.613. The molecule has 1 saturated heterocycles. The zero-order valence-corrected chi connectivity index (χ0v) is 12.7. The molecule has 6 nitrogen and oxygen atoms in total. The highest BCUT2D eigenvalue weighted by Crippen LogP contribution is 2.15. The Morgan fingerprint density at radius 3 is 2.60 bits per heavy atom. The Morgan fingerprint density at radius 1 is 1.30 bits per heavy atom. The summed E-state index contributed by atoms with van der Waals surface area (Å²) in [4.78, 5) is 6.40. The van der Waals surface area contributed by atoms with Crippen LogP contribution >= 0.6 is 11.8 Å². The summed E-state index contributed by atoms with van der Waals surface area (Å²) in [6.07, 6.45) is 0. The second-order valence-electron chi connectivity index (χ2n) is 4.43. The first-order valence-corrected chi connectivity index (χ1v) is 8.92. The van der Waals surface area contributed by atoms with Crippen molar-refractivity contribution in [3.05, 3.63) is 29.8 Å². The molecule has 1 aromatic rings. The topological polar surface area (TPSA) is 102 Å². The number of aliphatic imine (C=N–C) groups is 1. The summed E-state index contributed by atoms with van der Waals surface area (Å²) in [5, 5.41) is 5.19. The van der Waals surface area contributed by atoms with Crippen LogP contribution < -0.4 is 10.9 Å². The number of sulfonamides is 1. The normalized spacial score (nSPS) is 17.2. The van der Waals surface area contributed by atoms with Gasteiger partial charge in [0.2, 0.25) is 10.0 Å². The predicted octanol–water partition coefficient (Wildman–Crippen LogP) is 0.198. The highest BCUT2D eigenvalue weighted by molar-refractivity contribution is 7.99. The summed E-state index contributed by atoms with van der Waals surface area (Å²) >= 11 is 1.89. The van der Waals surface area contributed by atoms with Crippen LogP contribution in [0.5, 0.6) is 0 Å². The summed E-state index contributed by atoms with van der Waals surface area (Å²) in [7, 11) is -3.73. The monoisotopic (exact) mass is 314 g/mol. The highest BCUT2D eigenvalue weighted by atomic mass is 32.2. The van der Waals surface area contributed by atoms with E-state index in [2.05, 4.69) is 4.99 Å². The zero-order chi connectivity index (χ0) is 14.6. The molecule has 1 aliphatic heterocycles. The van der Waals surface area contributed by atoms with Gasteiger partial charge in [-0.3, -0.25) is 0 Å². The Labute approximate surface area is 123 Å². The molecule has 0 unspecified atom stereocenters. The van der Waals surface area contributed by atoms with Gasteiger partial charge in [0.25, 0.3) is 0 Å². The van der Waals surface area contributed by atoms with Crippen molar-refractivity contribution in [2.45, 2.75) is 11.4 Å².